The van der Waals surface area contributed by atoms with E-state index in [0.29, 0.717) is 19.3 Å². The highest BCUT2D eigenvalue weighted by Gasteiger charge is 2.19. The number of hydrogen-bond donors (Lipinski definition) is 0. The zero-order chi connectivity index (χ0) is 52.2. The van der Waals surface area contributed by atoms with Crippen LogP contribution in [-0.2, 0) is 28.6 Å². The largest absolute Gasteiger partial charge is 0.462 e. The van der Waals surface area contributed by atoms with Gasteiger partial charge < -0.3 is 14.2 Å². The van der Waals surface area contributed by atoms with E-state index in [4.69, 9.17) is 14.2 Å². The average molecular weight is 1020 g/mol. The molecule has 0 aliphatic carbocycles. The van der Waals surface area contributed by atoms with Crippen LogP contribution in [0.25, 0.3) is 0 Å². The van der Waals surface area contributed by atoms with E-state index in [-0.39, 0.29) is 31.1 Å². The second-order valence-electron chi connectivity index (χ2n) is 22.4. The summed E-state index contributed by atoms with van der Waals surface area (Å²) in [5.41, 5.74) is 0. The van der Waals surface area contributed by atoms with Gasteiger partial charge in [0.05, 0.1) is 0 Å². The van der Waals surface area contributed by atoms with Crippen LogP contribution in [0, 0.1) is 0 Å². The lowest BCUT2D eigenvalue weighted by Crippen LogP contribution is -2.30. The third kappa shape index (κ3) is 59.0. The summed E-state index contributed by atoms with van der Waals surface area (Å²) < 4.78 is 16.9. The molecule has 0 heterocycles. The molecular formula is C66H126O6. The molecular weight excluding hydrogens is 889 g/mol. The van der Waals surface area contributed by atoms with Crippen LogP contribution < -0.4 is 0 Å². The van der Waals surface area contributed by atoms with Crippen molar-refractivity contribution in [1.82, 2.24) is 0 Å². The molecule has 72 heavy (non-hydrogen) atoms. The predicted octanol–water partition coefficient (Wildman–Crippen LogP) is 22.1. The molecule has 1 unspecified atom stereocenters. The maximum absolute atomic E-state index is 12.8. The Balaban J connectivity index is 4.02. The Morgan fingerprint density at radius 2 is 0.458 bits per heavy atom. The van der Waals surface area contributed by atoms with Gasteiger partial charge in [-0.2, -0.15) is 0 Å². The molecule has 0 fully saturated rings. The minimum atomic E-state index is -0.768. The minimum absolute atomic E-state index is 0.0676. The maximum atomic E-state index is 12.8. The molecule has 0 N–H and O–H groups in total. The number of allylic oxidation sites excluding steroid dienone is 2. The zero-order valence-electron chi connectivity index (χ0n) is 49.0. The number of ether oxygens (including phenoxy) is 3. The van der Waals surface area contributed by atoms with E-state index in [2.05, 4.69) is 32.9 Å². The van der Waals surface area contributed by atoms with Gasteiger partial charge in [-0.15, -0.1) is 0 Å². The molecule has 0 aromatic carbocycles. The second kappa shape index (κ2) is 61.7. The summed E-state index contributed by atoms with van der Waals surface area (Å²) in [6.45, 7) is 6.67. The first-order chi connectivity index (χ1) is 35.5. The van der Waals surface area contributed by atoms with E-state index in [1.54, 1.807) is 0 Å². The Morgan fingerprint density at radius 1 is 0.264 bits per heavy atom. The SMILES string of the molecule is CCCCCCCC/C=C\CCCCCCCC(=O)OC(COC(=O)CCCCCCCCCCC)COC(=O)CCCCCCCCCCCCCCCCCCCCCCCCCCCCCCCC. The maximum Gasteiger partial charge on any atom is 0.306 e. The molecule has 0 bridgehead atoms. The minimum Gasteiger partial charge on any atom is -0.462 e. The Bertz CT molecular complexity index is 1120. The zero-order valence-corrected chi connectivity index (χ0v) is 49.0. The number of esters is 3. The smallest absolute Gasteiger partial charge is 0.306 e. The number of hydrogen-bond acceptors (Lipinski definition) is 6. The first-order valence-corrected chi connectivity index (χ1v) is 32.7. The fourth-order valence-corrected chi connectivity index (χ4v) is 10.1. The van der Waals surface area contributed by atoms with Gasteiger partial charge in [-0.05, 0) is 44.9 Å². The van der Waals surface area contributed by atoms with E-state index < -0.39 is 6.10 Å². The molecule has 6 heteroatoms. The Morgan fingerprint density at radius 3 is 0.694 bits per heavy atom. The third-order valence-corrected chi connectivity index (χ3v) is 15.0. The number of carbonyl (C=O) groups is 3. The van der Waals surface area contributed by atoms with E-state index in [9.17, 15) is 14.4 Å². The monoisotopic (exact) mass is 1010 g/mol. The lowest BCUT2D eigenvalue weighted by Gasteiger charge is -2.18. The lowest BCUT2D eigenvalue weighted by molar-refractivity contribution is -0.167. The molecule has 426 valence electrons. The highest BCUT2D eigenvalue weighted by atomic mass is 16.6. The van der Waals surface area contributed by atoms with Crippen molar-refractivity contribution >= 4 is 17.9 Å². The first kappa shape index (κ1) is 70.1. The molecule has 6 nitrogen and oxygen atoms in total. The fraction of sp³-hybridized carbons (Fsp3) is 0.924. The van der Waals surface area contributed by atoms with Crippen molar-refractivity contribution in [3.05, 3.63) is 12.2 Å². The molecule has 0 aromatic rings. The normalized spacial score (nSPS) is 12.0. The molecule has 0 saturated carbocycles. The molecule has 0 saturated heterocycles. The van der Waals surface area contributed by atoms with Crippen molar-refractivity contribution in [1.29, 1.82) is 0 Å². The Kier molecular flexibility index (Phi) is 60.1. The highest BCUT2D eigenvalue weighted by Crippen LogP contribution is 2.18. The molecule has 0 aliphatic rings. The van der Waals surface area contributed by atoms with Crippen LogP contribution in [0.2, 0.25) is 0 Å². The van der Waals surface area contributed by atoms with Gasteiger partial charge in [0.1, 0.15) is 13.2 Å². The van der Waals surface area contributed by atoms with Crippen LogP contribution in [0.1, 0.15) is 374 Å². The summed E-state index contributed by atoms with van der Waals surface area (Å²) in [4.78, 5) is 38.1. The van der Waals surface area contributed by atoms with Crippen molar-refractivity contribution in [2.75, 3.05) is 13.2 Å². The predicted molar refractivity (Wildman–Crippen MR) is 312 cm³/mol. The van der Waals surface area contributed by atoms with Gasteiger partial charge in [0.2, 0.25) is 0 Å². The van der Waals surface area contributed by atoms with Gasteiger partial charge >= 0.3 is 17.9 Å². The molecule has 0 spiro atoms. The lowest BCUT2D eigenvalue weighted by atomic mass is 10.0. The van der Waals surface area contributed by atoms with Gasteiger partial charge in [0, 0.05) is 19.3 Å². The first-order valence-electron chi connectivity index (χ1n) is 32.7. The summed E-state index contributed by atoms with van der Waals surface area (Å²) >= 11 is 0. The Labute approximate surface area is 450 Å². The number of carbonyl (C=O) groups excluding carboxylic acids is 3. The van der Waals surface area contributed by atoms with Crippen molar-refractivity contribution in [3.63, 3.8) is 0 Å². The molecule has 0 aromatic heterocycles. The molecule has 1 atom stereocenters. The molecule has 0 aliphatic heterocycles. The third-order valence-electron chi connectivity index (χ3n) is 15.0. The van der Waals surface area contributed by atoms with Crippen LogP contribution >= 0.6 is 0 Å². The van der Waals surface area contributed by atoms with Crippen LogP contribution in [0.3, 0.4) is 0 Å². The van der Waals surface area contributed by atoms with Gasteiger partial charge in [-0.3, -0.25) is 14.4 Å². The van der Waals surface area contributed by atoms with E-state index in [1.807, 2.05) is 0 Å². The molecule has 0 rings (SSSR count). The second-order valence-corrected chi connectivity index (χ2v) is 22.4. The number of unbranched alkanes of at least 4 members (excludes halogenated alkanes) is 48. The van der Waals surface area contributed by atoms with Crippen molar-refractivity contribution in [2.24, 2.45) is 0 Å². The van der Waals surface area contributed by atoms with Crippen LogP contribution in [0.15, 0.2) is 12.2 Å². The summed E-state index contributed by atoms with van der Waals surface area (Å²) in [6.07, 6.45) is 72.5. The van der Waals surface area contributed by atoms with Gasteiger partial charge in [-0.1, -0.05) is 322 Å². The van der Waals surface area contributed by atoms with Gasteiger partial charge in [0.15, 0.2) is 6.10 Å². The summed E-state index contributed by atoms with van der Waals surface area (Å²) in [5.74, 6) is -0.854. The summed E-state index contributed by atoms with van der Waals surface area (Å²) in [5, 5.41) is 0. The van der Waals surface area contributed by atoms with Crippen molar-refractivity contribution < 1.29 is 28.6 Å². The van der Waals surface area contributed by atoms with E-state index in [1.165, 1.54) is 270 Å². The van der Waals surface area contributed by atoms with E-state index in [0.717, 1.165) is 64.2 Å². The molecule has 0 radical (unpaired) electrons. The quantitative estimate of drug-likeness (QED) is 0.0261. The number of rotatable bonds is 61. The van der Waals surface area contributed by atoms with Gasteiger partial charge in [-0.25, -0.2) is 0 Å². The topological polar surface area (TPSA) is 78.9 Å². The van der Waals surface area contributed by atoms with Crippen LogP contribution in [0.4, 0.5) is 0 Å². The standard InChI is InChI=1S/C66H126O6/c1-4-7-10-13-16-19-21-23-25-26-27-28-29-30-31-32-33-34-35-36-37-38-39-41-42-44-47-50-53-56-59-65(68)71-62-63(61-70-64(67)58-55-52-49-46-18-15-12-9-6-3)72-66(69)60-57-54-51-48-45-43-40-24-22-20-17-14-11-8-5-2/h24,40,63H,4-23,25-39,41-62H2,1-3H3/b40-24-. The average Bonchev–Trinajstić information content (AvgIpc) is 3.38. The highest BCUT2D eigenvalue weighted by molar-refractivity contribution is 5.71. The van der Waals surface area contributed by atoms with E-state index >= 15 is 0 Å². The summed E-state index contributed by atoms with van der Waals surface area (Å²) in [6, 6.07) is 0. The summed E-state index contributed by atoms with van der Waals surface area (Å²) in [7, 11) is 0. The molecule has 0 amide bonds. The van der Waals surface area contributed by atoms with Crippen LogP contribution in [-0.4, -0.2) is 37.2 Å². The Hall–Kier alpha value is -1.85. The van der Waals surface area contributed by atoms with Gasteiger partial charge in [0.25, 0.3) is 0 Å². The fourth-order valence-electron chi connectivity index (χ4n) is 10.1. The van der Waals surface area contributed by atoms with Crippen molar-refractivity contribution in [2.45, 2.75) is 380 Å². The van der Waals surface area contributed by atoms with Crippen LogP contribution in [0.5, 0.6) is 0 Å². The van der Waals surface area contributed by atoms with Crippen molar-refractivity contribution in [3.8, 4) is 0 Å².